The van der Waals surface area contributed by atoms with E-state index in [2.05, 4.69) is 33.1 Å². The van der Waals surface area contributed by atoms with Crippen molar-refractivity contribution in [2.75, 3.05) is 26.5 Å². The molecule has 3 heterocycles. The summed E-state index contributed by atoms with van der Waals surface area (Å²) in [5.41, 5.74) is 1.14. The van der Waals surface area contributed by atoms with Crippen LogP contribution in [-0.4, -0.2) is 46.6 Å². The number of hydrogen-bond acceptors (Lipinski definition) is 6. The predicted molar refractivity (Wildman–Crippen MR) is 82.3 cm³/mol. The molecule has 0 radical (unpaired) electrons. The van der Waals surface area contributed by atoms with Gasteiger partial charge in [0.1, 0.15) is 11.9 Å². The third kappa shape index (κ3) is 2.89. The zero-order valence-corrected chi connectivity index (χ0v) is 13.1. The Morgan fingerprint density at radius 1 is 1.35 bits per heavy atom. The highest BCUT2D eigenvalue weighted by Crippen LogP contribution is 2.36. The second-order valence-corrected chi connectivity index (χ2v) is 5.74. The van der Waals surface area contributed by atoms with E-state index in [-0.39, 0.29) is 6.10 Å². The Labute approximate surface area is 134 Å². The number of aromatic nitrogens is 3. The molecule has 1 atom stereocenters. The fraction of sp³-hybridized carbons (Fsp3) is 0.500. The zero-order chi connectivity index (χ0) is 15.6. The van der Waals surface area contributed by atoms with Crippen LogP contribution in [-0.2, 0) is 17.7 Å². The molecule has 7 nitrogen and oxygen atoms in total. The first-order valence-corrected chi connectivity index (χ1v) is 7.96. The average molecular weight is 316 g/mol. The number of rotatable bonds is 4. The number of aromatic amines is 1. The van der Waals surface area contributed by atoms with Crippen LogP contribution in [0.2, 0.25) is 0 Å². The Morgan fingerprint density at radius 2 is 2.30 bits per heavy atom. The molecule has 23 heavy (non-hydrogen) atoms. The van der Waals surface area contributed by atoms with Crippen LogP contribution in [0.3, 0.4) is 0 Å². The molecule has 0 bridgehead atoms. The van der Waals surface area contributed by atoms with Gasteiger partial charge in [0, 0.05) is 31.6 Å². The summed E-state index contributed by atoms with van der Waals surface area (Å²) in [4.78, 5) is 6.83. The number of H-pyrrole nitrogens is 1. The molecule has 1 saturated heterocycles. The molecule has 0 amide bonds. The lowest BCUT2D eigenvalue weighted by Crippen LogP contribution is -2.38. The first-order chi connectivity index (χ1) is 11.3. The molecule has 1 aromatic heterocycles. The van der Waals surface area contributed by atoms with Gasteiger partial charge in [0.25, 0.3) is 0 Å². The third-order valence-corrected chi connectivity index (χ3v) is 4.19. The van der Waals surface area contributed by atoms with Crippen LogP contribution in [0.25, 0.3) is 0 Å². The van der Waals surface area contributed by atoms with Gasteiger partial charge in [-0.15, -0.1) is 0 Å². The number of fused-ring (bicyclic) bond motifs is 1. The standard InChI is InChI=1S/C16H20N4O3/c1-2-14-17-16(19-18-14)13-9-20(6-7-21-13)8-11-4-3-5-12-15(11)23-10-22-12/h3-5,13H,2,6-10H2,1H3,(H,17,18,19)/t13-/m0/s1. The van der Waals surface area contributed by atoms with Crippen molar-refractivity contribution < 1.29 is 14.2 Å². The lowest BCUT2D eigenvalue weighted by atomic mass is 10.1. The molecule has 0 aliphatic carbocycles. The lowest BCUT2D eigenvalue weighted by Gasteiger charge is -2.31. The summed E-state index contributed by atoms with van der Waals surface area (Å²) in [6.45, 7) is 5.48. The van der Waals surface area contributed by atoms with E-state index in [1.807, 2.05) is 12.1 Å². The van der Waals surface area contributed by atoms with Crippen molar-refractivity contribution in [1.29, 1.82) is 0 Å². The molecule has 1 N–H and O–H groups in total. The van der Waals surface area contributed by atoms with Crippen molar-refractivity contribution in [2.45, 2.75) is 26.0 Å². The SMILES string of the molecule is CCc1nc([C@@H]2CN(Cc3cccc4c3OCO4)CCO2)n[nH]1. The second kappa shape index (κ2) is 6.17. The quantitative estimate of drug-likeness (QED) is 0.925. The summed E-state index contributed by atoms with van der Waals surface area (Å²) in [6.07, 6.45) is 0.755. The van der Waals surface area contributed by atoms with Crippen molar-refractivity contribution in [3.8, 4) is 11.5 Å². The Bertz CT molecular complexity index is 688. The minimum atomic E-state index is -0.0887. The lowest BCUT2D eigenvalue weighted by molar-refractivity contribution is -0.0372. The highest BCUT2D eigenvalue weighted by molar-refractivity contribution is 5.48. The van der Waals surface area contributed by atoms with Crippen LogP contribution in [0.4, 0.5) is 0 Å². The first-order valence-electron chi connectivity index (χ1n) is 7.96. The van der Waals surface area contributed by atoms with Crippen LogP contribution < -0.4 is 9.47 Å². The van der Waals surface area contributed by atoms with Crippen LogP contribution in [0.1, 0.15) is 30.2 Å². The highest BCUT2D eigenvalue weighted by Gasteiger charge is 2.27. The molecule has 0 unspecified atom stereocenters. The minimum absolute atomic E-state index is 0.0887. The molecule has 1 fully saturated rings. The summed E-state index contributed by atoms with van der Waals surface area (Å²) < 4.78 is 16.9. The van der Waals surface area contributed by atoms with E-state index in [1.165, 1.54) is 0 Å². The number of ether oxygens (including phenoxy) is 3. The van der Waals surface area contributed by atoms with Gasteiger partial charge in [-0.3, -0.25) is 10.00 Å². The Morgan fingerprint density at radius 3 is 3.17 bits per heavy atom. The van der Waals surface area contributed by atoms with Gasteiger partial charge in [0.2, 0.25) is 6.79 Å². The molecule has 7 heteroatoms. The van der Waals surface area contributed by atoms with Gasteiger partial charge in [-0.05, 0) is 6.07 Å². The van der Waals surface area contributed by atoms with Crippen molar-refractivity contribution in [2.24, 2.45) is 0 Å². The number of benzene rings is 1. The van der Waals surface area contributed by atoms with Crippen LogP contribution in [0, 0.1) is 0 Å². The highest BCUT2D eigenvalue weighted by atomic mass is 16.7. The van der Waals surface area contributed by atoms with E-state index in [9.17, 15) is 0 Å². The number of nitrogens with one attached hydrogen (secondary N) is 1. The maximum atomic E-state index is 5.84. The van der Waals surface area contributed by atoms with Crippen molar-refractivity contribution in [3.05, 3.63) is 35.4 Å². The summed E-state index contributed by atoms with van der Waals surface area (Å²) in [7, 11) is 0. The summed E-state index contributed by atoms with van der Waals surface area (Å²) >= 11 is 0. The van der Waals surface area contributed by atoms with E-state index in [1.54, 1.807) is 0 Å². The van der Waals surface area contributed by atoms with E-state index in [0.717, 1.165) is 54.8 Å². The fourth-order valence-corrected chi connectivity index (χ4v) is 2.97. The second-order valence-electron chi connectivity index (χ2n) is 5.74. The van der Waals surface area contributed by atoms with Crippen molar-refractivity contribution >= 4 is 0 Å². The van der Waals surface area contributed by atoms with Gasteiger partial charge >= 0.3 is 0 Å². The van der Waals surface area contributed by atoms with Gasteiger partial charge in [0.05, 0.1) is 6.61 Å². The monoisotopic (exact) mass is 316 g/mol. The van der Waals surface area contributed by atoms with E-state index < -0.39 is 0 Å². The van der Waals surface area contributed by atoms with Crippen LogP contribution in [0.15, 0.2) is 18.2 Å². The molecule has 4 rings (SSSR count). The Kier molecular flexibility index (Phi) is 3.88. The fourth-order valence-electron chi connectivity index (χ4n) is 2.97. The third-order valence-electron chi connectivity index (χ3n) is 4.19. The van der Waals surface area contributed by atoms with Gasteiger partial charge in [-0.25, -0.2) is 4.98 Å². The molecule has 0 saturated carbocycles. The summed E-state index contributed by atoms with van der Waals surface area (Å²) in [6, 6.07) is 6.03. The number of para-hydroxylation sites is 1. The smallest absolute Gasteiger partial charge is 0.231 e. The summed E-state index contributed by atoms with van der Waals surface area (Å²) in [5.74, 6) is 3.33. The van der Waals surface area contributed by atoms with Gasteiger partial charge < -0.3 is 14.2 Å². The Hall–Kier alpha value is -2.12. The van der Waals surface area contributed by atoms with Gasteiger partial charge in [-0.2, -0.15) is 5.10 Å². The maximum absolute atomic E-state index is 5.84. The maximum Gasteiger partial charge on any atom is 0.231 e. The van der Waals surface area contributed by atoms with Crippen molar-refractivity contribution in [1.82, 2.24) is 20.1 Å². The molecular formula is C16H20N4O3. The Balaban J connectivity index is 1.46. The largest absolute Gasteiger partial charge is 0.454 e. The molecule has 2 aromatic rings. The number of hydrogen-bond donors (Lipinski definition) is 1. The van der Waals surface area contributed by atoms with E-state index in [4.69, 9.17) is 14.2 Å². The zero-order valence-electron chi connectivity index (χ0n) is 13.1. The molecular weight excluding hydrogens is 296 g/mol. The number of morpholine rings is 1. The van der Waals surface area contributed by atoms with Crippen molar-refractivity contribution in [3.63, 3.8) is 0 Å². The van der Waals surface area contributed by atoms with Gasteiger partial charge in [0.15, 0.2) is 17.3 Å². The molecule has 2 aliphatic rings. The van der Waals surface area contributed by atoms with Crippen LogP contribution in [0.5, 0.6) is 11.5 Å². The number of nitrogens with zero attached hydrogens (tertiary/aromatic N) is 3. The minimum Gasteiger partial charge on any atom is -0.454 e. The molecule has 122 valence electrons. The normalized spacial score (nSPS) is 20.8. The van der Waals surface area contributed by atoms with Crippen LogP contribution >= 0.6 is 0 Å². The summed E-state index contributed by atoms with van der Waals surface area (Å²) in [5, 5.41) is 7.23. The average Bonchev–Trinajstić information content (AvgIpc) is 3.25. The topological polar surface area (TPSA) is 72.5 Å². The van der Waals surface area contributed by atoms with Gasteiger partial charge in [-0.1, -0.05) is 19.1 Å². The molecule has 1 aromatic carbocycles. The van der Waals surface area contributed by atoms with E-state index >= 15 is 0 Å². The van der Waals surface area contributed by atoms with E-state index in [0.29, 0.717) is 13.4 Å². The number of aryl methyl sites for hydroxylation is 1. The molecule has 2 aliphatic heterocycles. The first kappa shape index (κ1) is 14.5. The molecule has 0 spiro atoms. The predicted octanol–water partition coefficient (Wildman–Crippen LogP) is 1.67.